The lowest BCUT2D eigenvalue weighted by Crippen LogP contribution is -2.23. The van der Waals surface area contributed by atoms with E-state index >= 15 is 0 Å². The Kier molecular flexibility index (Phi) is 5.29. The third-order valence-electron chi connectivity index (χ3n) is 3.16. The molecule has 110 valence electrons. The molecule has 0 amide bonds. The minimum absolute atomic E-state index is 0.0644. The Hall–Kier alpha value is -1.69. The molecule has 0 aliphatic rings. The van der Waals surface area contributed by atoms with Crippen LogP contribution in [-0.2, 0) is 13.0 Å². The molecule has 1 atom stereocenters. The average Bonchev–Trinajstić information content (AvgIpc) is 3.05. The molecular formula is C14H23N5O. The molecule has 0 aliphatic carbocycles. The monoisotopic (exact) mass is 277 g/mol. The number of nitrogens with one attached hydrogen (secondary N) is 1. The fourth-order valence-electron chi connectivity index (χ4n) is 1.95. The van der Waals surface area contributed by atoms with Crippen LogP contribution in [0.15, 0.2) is 16.9 Å². The van der Waals surface area contributed by atoms with E-state index in [1.165, 1.54) is 5.56 Å². The first-order valence-electron chi connectivity index (χ1n) is 7.24. The van der Waals surface area contributed by atoms with Gasteiger partial charge in [-0.2, -0.15) is 10.1 Å². The lowest BCUT2D eigenvalue weighted by atomic mass is 10.2. The first kappa shape index (κ1) is 14.7. The van der Waals surface area contributed by atoms with Crippen molar-refractivity contribution in [3.05, 3.63) is 29.7 Å². The minimum Gasteiger partial charge on any atom is -0.338 e. The highest BCUT2D eigenvalue weighted by atomic mass is 16.5. The summed E-state index contributed by atoms with van der Waals surface area (Å²) in [5.41, 5.74) is 1.18. The Bertz CT molecular complexity index is 519. The van der Waals surface area contributed by atoms with Gasteiger partial charge in [0.05, 0.1) is 18.8 Å². The normalized spacial score (nSPS) is 12.8. The van der Waals surface area contributed by atoms with E-state index < -0.39 is 0 Å². The molecule has 20 heavy (non-hydrogen) atoms. The second-order valence-electron chi connectivity index (χ2n) is 5.11. The summed E-state index contributed by atoms with van der Waals surface area (Å²) in [6.45, 7) is 7.87. The molecule has 0 saturated carbocycles. The van der Waals surface area contributed by atoms with Crippen molar-refractivity contribution in [3.63, 3.8) is 0 Å². The smallest absolute Gasteiger partial charge is 0.243 e. The van der Waals surface area contributed by atoms with E-state index in [0.29, 0.717) is 5.89 Å². The number of hydrogen-bond acceptors (Lipinski definition) is 5. The predicted molar refractivity (Wildman–Crippen MR) is 76.3 cm³/mol. The minimum atomic E-state index is 0.0644. The Morgan fingerprint density at radius 1 is 1.45 bits per heavy atom. The molecule has 2 aromatic heterocycles. The van der Waals surface area contributed by atoms with E-state index in [1.54, 1.807) is 0 Å². The van der Waals surface area contributed by atoms with Gasteiger partial charge in [-0.3, -0.25) is 4.68 Å². The van der Waals surface area contributed by atoms with Gasteiger partial charge in [0.25, 0.3) is 0 Å². The van der Waals surface area contributed by atoms with Crippen LogP contribution in [0.4, 0.5) is 0 Å². The maximum absolute atomic E-state index is 5.28. The van der Waals surface area contributed by atoms with Gasteiger partial charge < -0.3 is 9.84 Å². The van der Waals surface area contributed by atoms with E-state index in [0.717, 1.165) is 38.2 Å². The fourth-order valence-corrected chi connectivity index (χ4v) is 1.95. The van der Waals surface area contributed by atoms with E-state index in [-0.39, 0.29) is 6.04 Å². The average molecular weight is 277 g/mol. The summed E-state index contributed by atoms with van der Waals surface area (Å²) in [5, 5.41) is 11.6. The number of unbranched alkanes of at least 4 members (excludes halogenated alkanes) is 1. The molecule has 0 unspecified atom stereocenters. The summed E-state index contributed by atoms with van der Waals surface area (Å²) in [6.07, 6.45) is 7.02. The summed E-state index contributed by atoms with van der Waals surface area (Å²) < 4.78 is 7.21. The van der Waals surface area contributed by atoms with Crippen LogP contribution in [0.5, 0.6) is 0 Å². The quantitative estimate of drug-likeness (QED) is 0.801. The maximum Gasteiger partial charge on any atom is 0.243 e. The summed E-state index contributed by atoms with van der Waals surface area (Å²) >= 11 is 0. The van der Waals surface area contributed by atoms with Crippen molar-refractivity contribution in [1.29, 1.82) is 0 Å². The van der Waals surface area contributed by atoms with Crippen molar-refractivity contribution in [2.24, 2.45) is 0 Å². The van der Waals surface area contributed by atoms with Crippen molar-refractivity contribution in [2.45, 2.75) is 52.6 Å². The number of hydrogen-bond donors (Lipinski definition) is 1. The molecule has 0 bridgehead atoms. The van der Waals surface area contributed by atoms with Gasteiger partial charge in [0.2, 0.25) is 5.89 Å². The Morgan fingerprint density at radius 2 is 2.30 bits per heavy atom. The summed E-state index contributed by atoms with van der Waals surface area (Å²) in [4.78, 5) is 4.41. The predicted octanol–water partition coefficient (Wildman–Crippen LogP) is 2.27. The molecule has 6 heteroatoms. The molecule has 2 heterocycles. The topological polar surface area (TPSA) is 68.8 Å². The summed E-state index contributed by atoms with van der Waals surface area (Å²) in [5.74, 6) is 1.46. The van der Waals surface area contributed by atoms with Crippen LogP contribution in [0.25, 0.3) is 0 Å². The van der Waals surface area contributed by atoms with Gasteiger partial charge in [-0.25, -0.2) is 0 Å². The molecule has 0 radical (unpaired) electrons. The molecule has 0 saturated heterocycles. The Balaban J connectivity index is 1.76. The van der Waals surface area contributed by atoms with Crippen LogP contribution in [0.1, 0.15) is 50.0 Å². The van der Waals surface area contributed by atoms with Crippen LogP contribution in [0.3, 0.4) is 0 Å². The third kappa shape index (κ3) is 4.16. The van der Waals surface area contributed by atoms with Crippen molar-refractivity contribution in [2.75, 3.05) is 6.54 Å². The summed E-state index contributed by atoms with van der Waals surface area (Å²) in [7, 11) is 0. The Morgan fingerprint density at radius 3 is 3.00 bits per heavy atom. The lowest BCUT2D eigenvalue weighted by Gasteiger charge is -2.09. The number of nitrogens with zero attached hydrogens (tertiary/aromatic N) is 4. The highest BCUT2D eigenvalue weighted by Crippen LogP contribution is 2.10. The first-order chi connectivity index (χ1) is 9.69. The molecule has 2 aromatic rings. The third-order valence-corrected chi connectivity index (χ3v) is 3.16. The van der Waals surface area contributed by atoms with Gasteiger partial charge in [-0.05, 0) is 25.8 Å². The Labute approximate surface area is 119 Å². The second-order valence-corrected chi connectivity index (χ2v) is 5.11. The molecule has 0 fully saturated rings. The molecule has 0 spiro atoms. The van der Waals surface area contributed by atoms with E-state index in [2.05, 4.69) is 27.5 Å². The highest BCUT2D eigenvalue weighted by Gasteiger charge is 2.13. The zero-order chi connectivity index (χ0) is 14.4. The largest absolute Gasteiger partial charge is 0.338 e. The zero-order valence-electron chi connectivity index (χ0n) is 12.5. The number of aromatic nitrogens is 4. The first-order valence-corrected chi connectivity index (χ1v) is 7.24. The van der Waals surface area contributed by atoms with E-state index in [4.69, 9.17) is 4.52 Å². The molecule has 0 aliphatic heterocycles. The lowest BCUT2D eigenvalue weighted by molar-refractivity contribution is 0.333. The highest BCUT2D eigenvalue weighted by molar-refractivity contribution is 4.99. The zero-order valence-corrected chi connectivity index (χ0v) is 12.5. The van der Waals surface area contributed by atoms with Gasteiger partial charge in [-0.1, -0.05) is 18.5 Å². The molecule has 1 N–H and O–H groups in total. The van der Waals surface area contributed by atoms with E-state index in [9.17, 15) is 0 Å². The van der Waals surface area contributed by atoms with Gasteiger partial charge in [0, 0.05) is 19.2 Å². The van der Waals surface area contributed by atoms with E-state index in [1.807, 2.05) is 30.9 Å². The number of aryl methyl sites for hydroxylation is 2. The molecule has 2 rings (SSSR count). The standard InChI is InChI=1S/C14H23N5O/c1-4-5-6-13-17-14(20-18-13)12(3)15-7-8-19-10-11(2)9-16-19/h9-10,12,15H,4-8H2,1-3H3/t12-/m1/s1. The van der Waals surface area contributed by atoms with Gasteiger partial charge in [0.1, 0.15) is 0 Å². The van der Waals surface area contributed by atoms with Crippen molar-refractivity contribution >= 4 is 0 Å². The second kappa shape index (κ2) is 7.19. The van der Waals surface area contributed by atoms with Crippen LogP contribution in [0.2, 0.25) is 0 Å². The summed E-state index contributed by atoms with van der Waals surface area (Å²) in [6, 6.07) is 0.0644. The molecule has 0 aromatic carbocycles. The number of rotatable bonds is 8. The van der Waals surface area contributed by atoms with Crippen molar-refractivity contribution < 1.29 is 4.52 Å². The van der Waals surface area contributed by atoms with Gasteiger partial charge >= 0.3 is 0 Å². The van der Waals surface area contributed by atoms with Crippen LogP contribution in [0, 0.1) is 6.92 Å². The molecular weight excluding hydrogens is 254 g/mol. The fraction of sp³-hybridized carbons (Fsp3) is 0.643. The van der Waals surface area contributed by atoms with Crippen molar-refractivity contribution in [3.8, 4) is 0 Å². The van der Waals surface area contributed by atoms with Gasteiger partial charge in [-0.15, -0.1) is 0 Å². The van der Waals surface area contributed by atoms with Crippen LogP contribution >= 0.6 is 0 Å². The SMILES string of the molecule is CCCCc1noc([C@@H](C)NCCn2cc(C)cn2)n1. The molecule has 6 nitrogen and oxygen atoms in total. The maximum atomic E-state index is 5.28. The van der Waals surface area contributed by atoms with Gasteiger partial charge in [0.15, 0.2) is 5.82 Å². The van der Waals surface area contributed by atoms with Crippen LogP contribution < -0.4 is 5.32 Å². The van der Waals surface area contributed by atoms with Crippen LogP contribution in [-0.4, -0.2) is 26.5 Å². The van der Waals surface area contributed by atoms with Crippen molar-refractivity contribution in [1.82, 2.24) is 25.2 Å².